The molecule has 0 aliphatic heterocycles. The number of aromatic nitrogens is 3. The van der Waals surface area contributed by atoms with Gasteiger partial charge < -0.3 is 10.4 Å². The summed E-state index contributed by atoms with van der Waals surface area (Å²) >= 11 is 1.08. The summed E-state index contributed by atoms with van der Waals surface area (Å²) < 4.78 is 1.76. The number of thiazole rings is 1. The molecule has 1 unspecified atom stereocenters. The van der Waals surface area contributed by atoms with Gasteiger partial charge in [0.2, 0.25) is 0 Å². The summed E-state index contributed by atoms with van der Waals surface area (Å²) in [6, 6.07) is 5.69. The van der Waals surface area contributed by atoms with Crippen molar-refractivity contribution in [1.29, 1.82) is 0 Å². The van der Waals surface area contributed by atoms with Crippen LogP contribution >= 0.6 is 11.3 Å². The van der Waals surface area contributed by atoms with E-state index in [0.29, 0.717) is 16.3 Å². The number of nitrogens with zero attached hydrogens (tertiary/aromatic N) is 3. The summed E-state index contributed by atoms with van der Waals surface area (Å²) in [5, 5.41) is 17.0. The van der Waals surface area contributed by atoms with Crippen LogP contribution in [-0.2, 0) is 0 Å². The molecule has 2 heterocycles. The van der Waals surface area contributed by atoms with Crippen LogP contribution < -0.4 is 5.32 Å². The maximum Gasteiger partial charge on any atom is 0.347 e. The Kier molecular flexibility index (Phi) is 5.33. The largest absolute Gasteiger partial charge is 0.477 e. The topological polar surface area (TPSA) is 97.1 Å². The van der Waals surface area contributed by atoms with Crippen molar-refractivity contribution < 1.29 is 14.7 Å². The van der Waals surface area contributed by atoms with Crippen LogP contribution in [0.4, 0.5) is 0 Å². The van der Waals surface area contributed by atoms with E-state index in [0.717, 1.165) is 33.8 Å². The lowest BCUT2D eigenvalue weighted by atomic mass is 10.1. The van der Waals surface area contributed by atoms with Gasteiger partial charge in [-0.15, -0.1) is 11.3 Å². The lowest BCUT2D eigenvalue weighted by molar-refractivity contribution is 0.0700. The molecule has 0 spiro atoms. The summed E-state index contributed by atoms with van der Waals surface area (Å²) in [6.07, 6.45) is 1.55. The molecule has 0 saturated heterocycles. The fourth-order valence-corrected chi connectivity index (χ4v) is 3.87. The number of carbonyl (C=O) groups excluding carboxylic acids is 1. The summed E-state index contributed by atoms with van der Waals surface area (Å²) in [5.41, 5.74) is 4.78. The number of carboxylic acid groups (broad SMARTS) is 1. The quantitative estimate of drug-likeness (QED) is 0.682. The summed E-state index contributed by atoms with van der Waals surface area (Å²) in [6.45, 7) is 9.30. The Morgan fingerprint density at radius 2 is 1.93 bits per heavy atom. The van der Waals surface area contributed by atoms with Crippen LogP contribution in [0.3, 0.4) is 0 Å². The van der Waals surface area contributed by atoms with E-state index in [1.807, 2.05) is 39.0 Å². The maximum atomic E-state index is 12.8. The molecular formula is C20H22N4O3S. The number of hydrogen-bond acceptors (Lipinski definition) is 5. The number of hydrogen-bond donors (Lipinski definition) is 2. The Balaban J connectivity index is 1.84. The molecule has 3 rings (SSSR count). The molecule has 0 fully saturated rings. The van der Waals surface area contributed by atoms with Crippen LogP contribution in [0.15, 0.2) is 24.4 Å². The number of aryl methyl sites for hydroxylation is 3. The van der Waals surface area contributed by atoms with E-state index in [4.69, 9.17) is 0 Å². The molecule has 1 atom stereocenters. The minimum Gasteiger partial charge on any atom is -0.477 e. The van der Waals surface area contributed by atoms with Gasteiger partial charge in [-0.2, -0.15) is 5.10 Å². The SMILES string of the molecule is Cc1ccc(C)c(-n2ncc(C(=O)NC(C)c3nc(C)c(C(=O)O)s3)c2C)c1. The second-order valence-corrected chi connectivity index (χ2v) is 7.84. The fraction of sp³-hybridized carbons (Fsp3) is 0.300. The van der Waals surface area contributed by atoms with Gasteiger partial charge in [0.25, 0.3) is 5.91 Å². The van der Waals surface area contributed by atoms with E-state index in [9.17, 15) is 14.7 Å². The van der Waals surface area contributed by atoms with Crippen molar-refractivity contribution in [3.63, 3.8) is 0 Å². The molecule has 7 nitrogen and oxygen atoms in total. The Hall–Kier alpha value is -3.00. The highest BCUT2D eigenvalue weighted by atomic mass is 32.1. The second-order valence-electron chi connectivity index (χ2n) is 6.81. The van der Waals surface area contributed by atoms with Gasteiger partial charge in [-0.05, 0) is 51.8 Å². The Bertz CT molecular complexity index is 1070. The molecule has 28 heavy (non-hydrogen) atoms. The van der Waals surface area contributed by atoms with Crippen molar-refractivity contribution in [3.05, 3.63) is 62.4 Å². The molecule has 0 aliphatic carbocycles. The highest BCUT2D eigenvalue weighted by molar-refractivity contribution is 7.13. The van der Waals surface area contributed by atoms with E-state index >= 15 is 0 Å². The van der Waals surface area contributed by atoms with Gasteiger partial charge >= 0.3 is 5.97 Å². The molecule has 1 amide bonds. The Morgan fingerprint density at radius 1 is 1.21 bits per heavy atom. The van der Waals surface area contributed by atoms with Gasteiger partial charge in [-0.25, -0.2) is 14.5 Å². The third-order valence-corrected chi connectivity index (χ3v) is 5.90. The van der Waals surface area contributed by atoms with Gasteiger partial charge in [-0.1, -0.05) is 12.1 Å². The number of benzene rings is 1. The Morgan fingerprint density at radius 3 is 2.57 bits per heavy atom. The molecule has 146 valence electrons. The summed E-state index contributed by atoms with van der Waals surface area (Å²) in [7, 11) is 0. The third-order valence-electron chi connectivity index (χ3n) is 4.57. The first-order valence-electron chi connectivity index (χ1n) is 8.82. The molecule has 8 heteroatoms. The van der Waals surface area contributed by atoms with Crippen LogP contribution in [0, 0.1) is 27.7 Å². The summed E-state index contributed by atoms with van der Waals surface area (Å²) in [4.78, 5) is 28.4. The van der Waals surface area contributed by atoms with E-state index in [1.165, 1.54) is 0 Å². The average Bonchev–Trinajstić information content (AvgIpc) is 3.20. The number of aromatic carboxylic acids is 1. The number of carboxylic acids is 1. The zero-order valence-electron chi connectivity index (χ0n) is 16.4. The van der Waals surface area contributed by atoms with Gasteiger partial charge in [0.1, 0.15) is 9.88 Å². The smallest absolute Gasteiger partial charge is 0.347 e. The Labute approximate surface area is 167 Å². The maximum absolute atomic E-state index is 12.8. The minimum atomic E-state index is -1.01. The zero-order valence-corrected chi connectivity index (χ0v) is 17.2. The normalized spacial score (nSPS) is 12.0. The standard InChI is InChI=1S/C20H22N4O3S/c1-10-6-7-11(2)16(8-10)24-14(5)15(9-21-24)18(25)22-13(4)19-23-12(3)17(28-19)20(26)27/h6-9,13H,1-5H3,(H,22,25)(H,26,27). The molecule has 0 aliphatic rings. The lowest BCUT2D eigenvalue weighted by Crippen LogP contribution is -2.27. The zero-order chi connectivity index (χ0) is 20.6. The van der Waals surface area contributed by atoms with E-state index in [1.54, 1.807) is 24.7 Å². The number of rotatable bonds is 5. The molecule has 3 aromatic rings. The number of amides is 1. The molecule has 0 saturated carbocycles. The van der Waals surface area contributed by atoms with E-state index in [-0.39, 0.29) is 10.8 Å². The van der Waals surface area contributed by atoms with Gasteiger partial charge in [-0.3, -0.25) is 4.79 Å². The molecule has 0 bridgehead atoms. The molecule has 2 N–H and O–H groups in total. The predicted molar refractivity (Wildman–Crippen MR) is 107 cm³/mol. The minimum absolute atomic E-state index is 0.190. The van der Waals surface area contributed by atoms with Crippen LogP contribution in [0.1, 0.15) is 60.5 Å². The van der Waals surface area contributed by atoms with Crippen molar-refractivity contribution >= 4 is 23.2 Å². The van der Waals surface area contributed by atoms with Crippen LogP contribution in [-0.4, -0.2) is 31.7 Å². The van der Waals surface area contributed by atoms with Crippen LogP contribution in [0.5, 0.6) is 0 Å². The van der Waals surface area contributed by atoms with E-state index < -0.39 is 12.0 Å². The van der Waals surface area contributed by atoms with Gasteiger partial charge in [0.05, 0.1) is 34.9 Å². The van der Waals surface area contributed by atoms with Crippen LogP contribution in [0.2, 0.25) is 0 Å². The summed E-state index contributed by atoms with van der Waals surface area (Å²) in [5.74, 6) is -1.28. The third kappa shape index (κ3) is 3.68. The van der Waals surface area contributed by atoms with E-state index in [2.05, 4.69) is 15.4 Å². The first kappa shape index (κ1) is 19.8. The molecule has 2 aromatic heterocycles. The lowest BCUT2D eigenvalue weighted by Gasteiger charge is -2.12. The van der Waals surface area contributed by atoms with Crippen molar-refractivity contribution in [2.45, 2.75) is 40.7 Å². The average molecular weight is 398 g/mol. The van der Waals surface area contributed by atoms with Crippen molar-refractivity contribution in [3.8, 4) is 5.69 Å². The number of carbonyl (C=O) groups is 2. The van der Waals surface area contributed by atoms with Crippen molar-refractivity contribution in [2.24, 2.45) is 0 Å². The fourth-order valence-electron chi connectivity index (χ4n) is 2.96. The molecule has 1 aromatic carbocycles. The predicted octanol–water partition coefficient (Wildman–Crippen LogP) is 3.75. The second kappa shape index (κ2) is 7.55. The van der Waals surface area contributed by atoms with Crippen molar-refractivity contribution in [2.75, 3.05) is 0 Å². The van der Waals surface area contributed by atoms with Gasteiger partial charge in [0, 0.05) is 0 Å². The first-order chi connectivity index (χ1) is 13.2. The van der Waals surface area contributed by atoms with Gasteiger partial charge in [0.15, 0.2) is 0 Å². The van der Waals surface area contributed by atoms with Crippen molar-refractivity contribution in [1.82, 2.24) is 20.1 Å². The highest BCUT2D eigenvalue weighted by Crippen LogP contribution is 2.24. The first-order valence-corrected chi connectivity index (χ1v) is 9.64. The monoisotopic (exact) mass is 398 g/mol. The highest BCUT2D eigenvalue weighted by Gasteiger charge is 2.22. The van der Waals surface area contributed by atoms with Crippen LogP contribution in [0.25, 0.3) is 5.69 Å². The molecular weight excluding hydrogens is 376 g/mol. The number of nitrogens with one attached hydrogen (secondary N) is 1. The molecule has 0 radical (unpaired) electrons.